The quantitative estimate of drug-likeness (QED) is 0.321. The largest absolute Gasteiger partial charge is 0.500 e. The Hall–Kier alpha value is -3.92. The van der Waals surface area contributed by atoms with Crippen molar-refractivity contribution in [3.8, 4) is 11.5 Å². The van der Waals surface area contributed by atoms with E-state index in [0.29, 0.717) is 4.90 Å². The number of urea groups is 1. The number of amides is 4. The molecule has 0 atom stereocenters. The number of hydrogen-bond donors (Lipinski definition) is 2. The molecule has 10 nitrogen and oxygen atoms in total. The average molecular weight is 432 g/mol. The lowest BCUT2D eigenvalue weighted by atomic mass is 10.1. The van der Waals surface area contributed by atoms with E-state index in [4.69, 9.17) is 16.3 Å². The van der Waals surface area contributed by atoms with Crippen molar-refractivity contribution in [2.45, 2.75) is 6.92 Å². The lowest BCUT2D eigenvalue weighted by molar-refractivity contribution is -0.386. The number of para-hydroxylation sites is 1. The van der Waals surface area contributed by atoms with Crippen molar-refractivity contribution in [3.05, 3.63) is 62.7 Å². The first kappa shape index (κ1) is 20.8. The number of ether oxygens (including phenoxy) is 1. The fraction of sp³-hybridized carbons (Fsp3) is 0.105. The van der Waals surface area contributed by atoms with Crippen LogP contribution in [0.2, 0.25) is 5.02 Å². The highest BCUT2D eigenvalue weighted by molar-refractivity contribution is 6.42. The summed E-state index contributed by atoms with van der Waals surface area (Å²) in [5.74, 6) is -2.83. The van der Waals surface area contributed by atoms with Crippen LogP contribution < -0.4 is 15.0 Å². The van der Waals surface area contributed by atoms with Gasteiger partial charge in [0.15, 0.2) is 5.75 Å². The van der Waals surface area contributed by atoms with Gasteiger partial charge in [-0.3, -0.25) is 25.0 Å². The maximum atomic E-state index is 12.9. The molecule has 154 valence electrons. The summed E-state index contributed by atoms with van der Waals surface area (Å²) in [6.45, 7) is 1.72. The predicted molar refractivity (Wildman–Crippen MR) is 106 cm³/mol. The first-order valence-corrected chi connectivity index (χ1v) is 8.92. The average Bonchev–Trinajstić information content (AvgIpc) is 2.68. The molecule has 2 aromatic rings. The zero-order chi connectivity index (χ0) is 22.0. The molecule has 0 unspecified atom stereocenters. The molecule has 2 N–H and O–H groups in total. The zero-order valence-corrected chi connectivity index (χ0v) is 16.2. The number of nitro benzene ring substituents is 1. The summed E-state index contributed by atoms with van der Waals surface area (Å²) in [6.07, 6.45) is 1.06. The van der Waals surface area contributed by atoms with E-state index in [1.165, 1.54) is 18.2 Å². The number of halogens is 1. The number of nitro groups is 1. The van der Waals surface area contributed by atoms with Gasteiger partial charge < -0.3 is 9.84 Å². The fourth-order valence-electron chi connectivity index (χ4n) is 2.78. The second-order valence-corrected chi connectivity index (χ2v) is 6.39. The summed E-state index contributed by atoms with van der Waals surface area (Å²) in [6, 6.07) is 7.27. The van der Waals surface area contributed by atoms with Gasteiger partial charge >= 0.3 is 11.7 Å². The van der Waals surface area contributed by atoms with Crippen molar-refractivity contribution >= 4 is 46.9 Å². The van der Waals surface area contributed by atoms with Crippen molar-refractivity contribution in [3.63, 3.8) is 0 Å². The molecule has 0 saturated carbocycles. The summed E-state index contributed by atoms with van der Waals surface area (Å²) >= 11 is 6.06. The van der Waals surface area contributed by atoms with Gasteiger partial charge in [-0.05, 0) is 36.8 Å². The molecule has 2 aromatic carbocycles. The number of hydrogen-bond acceptors (Lipinski definition) is 7. The van der Waals surface area contributed by atoms with Gasteiger partial charge in [-0.2, -0.15) is 0 Å². The monoisotopic (exact) mass is 431 g/mol. The molecule has 1 saturated heterocycles. The van der Waals surface area contributed by atoms with E-state index >= 15 is 0 Å². The normalized spacial score (nSPS) is 15.3. The Labute approximate surface area is 174 Å². The van der Waals surface area contributed by atoms with Crippen LogP contribution in [-0.4, -0.2) is 34.5 Å². The molecule has 11 heteroatoms. The number of imide groups is 2. The minimum Gasteiger partial charge on any atom is -0.500 e. The highest BCUT2D eigenvalue weighted by Gasteiger charge is 2.37. The molecule has 0 aromatic heterocycles. The van der Waals surface area contributed by atoms with Gasteiger partial charge in [0.1, 0.15) is 5.57 Å². The number of phenolic OH excluding ortho intramolecular Hbond substituents is 1. The molecule has 1 aliphatic rings. The van der Waals surface area contributed by atoms with Crippen LogP contribution in [0, 0.1) is 10.1 Å². The molecule has 30 heavy (non-hydrogen) atoms. The van der Waals surface area contributed by atoms with Gasteiger partial charge in [0.05, 0.1) is 22.2 Å². The van der Waals surface area contributed by atoms with Gasteiger partial charge in [0.2, 0.25) is 5.75 Å². The third-order valence-corrected chi connectivity index (χ3v) is 4.40. The maximum absolute atomic E-state index is 12.9. The Morgan fingerprint density at radius 1 is 1.27 bits per heavy atom. The van der Waals surface area contributed by atoms with Crippen LogP contribution in [0.15, 0.2) is 42.0 Å². The van der Waals surface area contributed by atoms with Gasteiger partial charge in [-0.1, -0.05) is 23.7 Å². The SMILES string of the molecule is CCOc1cc(C=C2C(=O)NC(=O)N(c3ccccc3Cl)C2=O)cc([N+](=O)[O-])c1O. The number of barbiturate groups is 1. The predicted octanol–water partition coefficient (Wildman–Crippen LogP) is 3.02. The van der Waals surface area contributed by atoms with E-state index < -0.39 is 39.8 Å². The van der Waals surface area contributed by atoms with E-state index in [1.54, 1.807) is 19.1 Å². The second-order valence-electron chi connectivity index (χ2n) is 5.99. The Bertz CT molecular complexity index is 1110. The molecule has 0 aliphatic carbocycles. The Kier molecular flexibility index (Phi) is 5.70. The molecule has 0 radical (unpaired) electrons. The second kappa shape index (κ2) is 8.21. The maximum Gasteiger partial charge on any atom is 0.335 e. The van der Waals surface area contributed by atoms with Gasteiger partial charge in [-0.25, -0.2) is 9.69 Å². The van der Waals surface area contributed by atoms with Crippen molar-refractivity contribution in [2.24, 2.45) is 0 Å². The van der Waals surface area contributed by atoms with Crippen LogP contribution in [0.25, 0.3) is 6.08 Å². The topological polar surface area (TPSA) is 139 Å². The van der Waals surface area contributed by atoms with E-state index in [2.05, 4.69) is 0 Å². The van der Waals surface area contributed by atoms with E-state index in [1.807, 2.05) is 5.32 Å². The summed E-state index contributed by atoms with van der Waals surface area (Å²) in [4.78, 5) is 48.5. The lowest BCUT2D eigenvalue weighted by Crippen LogP contribution is -2.54. The molecular formula is C19H14ClN3O7. The van der Waals surface area contributed by atoms with Crippen LogP contribution in [0.4, 0.5) is 16.2 Å². The van der Waals surface area contributed by atoms with Crippen molar-refractivity contribution in [1.29, 1.82) is 0 Å². The van der Waals surface area contributed by atoms with Gasteiger partial charge in [0, 0.05) is 6.07 Å². The van der Waals surface area contributed by atoms with Crippen molar-refractivity contribution < 1.29 is 29.2 Å². The molecular weight excluding hydrogens is 418 g/mol. The number of carbonyl (C=O) groups excluding carboxylic acids is 3. The van der Waals surface area contributed by atoms with Crippen LogP contribution in [-0.2, 0) is 9.59 Å². The Morgan fingerprint density at radius 2 is 1.97 bits per heavy atom. The third-order valence-electron chi connectivity index (χ3n) is 4.08. The number of nitrogens with zero attached hydrogens (tertiary/aromatic N) is 2. The van der Waals surface area contributed by atoms with E-state index in [9.17, 15) is 29.6 Å². The minimum absolute atomic E-state index is 0.0370. The van der Waals surface area contributed by atoms with Gasteiger partial charge in [0.25, 0.3) is 11.8 Å². The van der Waals surface area contributed by atoms with E-state index in [-0.39, 0.29) is 28.6 Å². The fourth-order valence-corrected chi connectivity index (χ4v) is 3.00. The number of carbonyl (C=O) groups is 3. The molecule has 4 amide bonds. The van der Waals surface area contributed by atoms with Crippen LogP contribution in [0.5, 0.6) is 11.5 Å². The molecule has 0 bridgehead atoms. The lowest BCUT2D eigenvalue weighted by Gasteiger charge is -2.27. The zero-order valence-electron chi connectivity index (χ0n) is 15.4. The number of aromatic hydroxyl groups is 1. The number of anilines is 1. The first-order chi connectivity index (χ1) is 14.2. The molecule has 1 heterocycles. The van der Waals surface area contributed by atoms with Crippen LogP contribution >= 0.6 is 11.6 Å². The number of phenols is 1. The molecule has 0 spiro atoms. The van der Waals surface area contributed by atoms with Gasteiger partial charge in [-0.15, -0.1) is 0 Å². The summed E-state index contributed by atoms with van der Waals surface area (Å²) in [5.41, 5.74) is -1.03. The number of rotatable bonds is 5. The summed E-state index contributed by atoms with van der Waals surface area (Å²) < 4.78 is 5.18. The highest BCUT2D eigenvalue weighted by atomic mass is 35.5. The molecule has 1 fully saturated rings. The van der Waals surface area contributed by atoms with Crippen LogP contribution in [0.3, 0.4) is 0 Å². The third kappa shape index (κ3) is 3.80. The summed E-state index contributed by atoms with van der Waals surface area (Å²) in [7, 11) is 0. The number of nitrogens with one attached hydrogen (secondary N) is 1. The van der Waals surface area contributed by atoms with E-state index in [0.717, 1.165) is 12.1 Å². The smallest absolute Gasteiger partial charge is 0.335 e. The van der Waals surface area contributed by atoms with Crippen LogP contribution in [0.1, 0.15) is 12.5 Å². The minimum atomic E-state index is -0.984. The standard InChI is InChI=1S/C19H14ClN3O7/c1-2-30-15-9-10(8-14(16(15)24)23(28)29)7-11-17(25)21-19(27)22(18(11)26)13-6-4-3-5-12(13)20/h3-9,24H,2H2,1H3,(H,21,25,27). The molecule has 1 aliphatic heterocycles. The van der Waals surface area contributed by atoms with Crippen molar-refractivity contribution in [2.75, 3.05) is 11.5 Å². The summed E-state index contributed by atoms with van der Waals surface area (Å²) in [5, 5.41) is 23.3. The number of benzene rings is 2. The highest BCUT2D eigenvalue weighted by Crippen LogP contribution is 2.38. The Morgan fingerprint density at radius 3 is 2.60 bits per heavy atom. The van der Waals surface area contributed by atoms with Crippen molar-refractivity contribution in [1.82, 2.24) is 5.32 Å². The Balaban J connectivity index is 2.11. The molecule has 3 rings (SSSR count). The first-order valence-electron chi connectivity index (χ1n) is 8.54.